The van der Waals surface area contributed by atoms with Gasteiger partial charge >= 0.3 is 5.97 Å². The number of carboxylic acid groups (broad SMARTS) is 1. The summed E-state index contributed by atoms with van der Waals surface area (Å²) in [5.74, 6) is -0.687. The van der Waals surface area contributed by atoms with Crippen molar-refractivity contribution in [3.63, 3.8) is 0 Å². The van der Waals surface area contributed by atoms with Crippen LogP contribution in [-0.2, 0) is 10.2 Å². The Morgan fingerprint density at radius 3 is 2.88 bits per heavy atom. The summed E-state index contributed by atoms with van der Waals surface area (Å²) < 4.78 is 0. The quantitative estimate of drug-likeness (QED) is 0.519. The van der Waals surface area contributed by atoms with Crippen LogP contribution < -0.4 is 0 Å². The van der Waals surface area contributed by atoms with E-state index in [0.29, 0.717) is 17.1 Å². The number of nitrogens with zero attached hydrogens (tertiary/aromatic N) is 2. The summed E-state index contributed by atoms with van der Waals surface area (Å²) >= 11 is 7.45. The Kier molecular flexibility index (Phi) is 3.32. The van der Waals surface area contributed by atoms with Crippen LogP contribution in [0.3, 0.4) is 0 Å². The molecule has 1 aliphatic carbocycles. The van der Waals surface area contributed by atoms with Gasteiger partial charge in [0.25, 0.3) is 0 Å². The minimum absolute atomic E-state index is 0.140. The first-order valence-corrected chi connectivity index (χ1v) is 6.97. The maximum absolute atomic E-state index is 11.4. The van der Waals surface area contributed by atoms with Crippen molar-refractivity contribution in [2.24, 2.45) is 5.92 Å². The van der Waals surface area contributed by atoms with Crippen LogP contribution >= 0.6 is 23.4 Å². The third-order valence-corrected chi connectivity index (χ3v) is 4.21. The van der Waals surface area contributed by atoms with Crippen molar-refractivity contribution in [2.45, 2.75) is 30.3 Å². The van der Waals surface area contributed by atoms with Gasteiger partial charge in [0.1, 0.15) is 10.6 Å². The van der Waals surface area contributed by atoms with Crippen molar-refractivity contribution >= 4 is 29.3 Å². The number of aliphatic carboxylic acids is 1. The van der Waals surface area contributed by atoms with E-state index in [2.05, 4.69) is 9.97 Å². The van der Waals surface area contributed by atoms with E-state index in [9.17, 15) is 9.90 Å². The SMILES string of the molecule is CCC1CC1(C(=O)O)c1cnc(SC)nc1Cl. The zero-order valence-corrected chi connectivity index (χ0v) is 11.2. The first-order chi connectivity index (χ1) is 8.06. The van der Waals surface area contributed by atoms with Crippen molar-refractivity contribution < 1.29 is 9.90 Å². The summed E-state index contributed by atoms with van der Waals surface area (Å²) in [7, 11) is 0. The lowest BCUT2D eigenvalue weighted by molar-refractivity contribution is -0.140. The second-order valence-corrected chi connectivity index (χ2v) is 5.28. The van der Waals surface area contributed by atoms with Gasteiger partial charge in [0.15, 0.2) is 5.16 Å². The summed E-state index contributed by atoms with van der Waals surface area (Å²) in [6.45, 7) is 1.99. The molecule has 0 bridgehead atoms. The fourth-order valence-corrected chi connectivity index (χ4v) is 2.96. The van der Waals surface area contributed by atoms with Gasteiger partial charge in [0.2, 0.25) is 0 Å². The first kappa shape index (κ1) is 12.6. The molecule has 4 nitrogen and oxygen atoms in total. The van der Waals surface area contributed by atoms with Gasteiger partial charge in [-0.05, 0) is 18.6 Å². The molecule has 1 saturated carbocycles. The van der Waals surface area contributed by atoms with E-state index in [1.54, 1.807) is 6.20 Å². The third-order valence-electron chi connectivity index (χ3n) is 3.36. The molecule has 2 unspecified atom stereocenters. The molecule has 1 fully saturated rings. The molecule has 1 heterocycles. The van der Waals surface area contributed by atoms with Crippen LogP contribution in [0.4, 0.5) is 0 Å². The fraction of sp³-hybridized carbons (Fsp3) is 0.545. The van der Waals surface area contributed by atoms with Crippen molar-refractivity contribution in [2.75, 3.05) is 6.26 Å². The fourth-order valence-electron chi connectivity index (χ4n) is 2.27. The Morgan fingerprint density at radius 1 is 1.76 bits per heavy atom. The molecule has 1 aromatic heterocycles. The smallest absolute Gasteiger partial charge is 0.314 e. The summed E-state index contributed by atoms with van der Waals surface area (Å²) in [5, 5.41) is 10.2. The first-order valence-electron chi connectivity index (χ1n) is 5.36. The lowest BCUT2D eigenvalue weighted by Crippen LogP contribution is -2.23. The number of rotatable bonds is 4. The van der Waals surface area contributed by atoms with E-state index in [-0.39, 0.29) is 11.1 Å². The normalized spacial score (nSPS) is 26.9. The van der Waals surface area contributed by atoms with Crippen LogP contribution in [0.2, 0.25) is 5.15 Å². The van der Waals surface area contributed by atoms with Crippen LogP contribution in [-0.4, -0.2) is 27.3 Å². The average Bonchev–Trinajstić information content (AvgIpc) is 3.04. The number of carboxylic acids is 1. The number of halogens is 1. The largest absolute Gasteiger partial charge is 0.481 e. The van der Waals surface area contributed by atoms with Crippen LogP contribution in [0.15, 0.2) is 11.4 Å². The number of carbonyl (C=O) groups is 1. The Labute approximate surface area is 109 Å². The Morgan fingerprint density at radius 2 is 2.47 bits per heavy atom. The molecule has 0 amide bonds. The molecular weight excluding hydrogens is 260 g/mol. The molecule has 1 aliphatic rings. The Bertz CT molecular complexity index is 469. The second-order valence-electron chi connectivity index (χ2n) is 4.15. The number of aromatic nitrogens is 2. The predicted molar refractivity (Wildman–Crippen MR) is 66.5 cm³/mol. The maximum Gasteiger partial charge on any atom is 0.314 e. The van der Waals surface area contributed by atoms with Gasteiger partial charge in [-0.2, -0.15) is 0 Å². The molecule has 6 heteroatoms. The maximum atomic E-state index is 11.4. The zero-order chi connectivity index (χ0) is 12.6. The number of thioether (sulfide) groups is 1. The highest BCUT2D eigenvalue weighted by Crippen LogP contribution is 2.57. The van der Waals surface area contributed by atoms with Gasteiger partial charge in [-0.15, -0.1) is 0 Å². The minimum atomic E-state index is -0.858. The molecule has 17 heavy (non-hydrogen) atoms. The standard InChI is InChI=1S/C11H13ClN2O2S/c1-3-6-4-11(6,9(15)16)7-5-13-10(17-2)14-8(7)12/h5-6H,3-4H2,1-2H3,(H,15,16). The van der Waals surface area contributed by atoms with E-state index < -0.39 is 11.4 Å². The van der Waals surface area contributed by atoms with E-state index in [1.807, 2.05) is 13.2 Å². The van der Waals surface area contributed by atoms with Crippen LogP contribution in [0.1, 0.15) is 25.3 Å². The predicted octanol–water partition coefficient (Wildman–Crippen LogP) is 2.60. The third kappa shape index (κ3) is 1.91. The highest BCUT2D eigenvalue weighted by atomic mass is 35.5. The summed E-state index contributed by atoms with van der Waals surface area (Å²) in [6, 6.07) is 0. The second kappa shape index (κ2) is 4.46. The van der Waals surface area contributed by atoms with Crippen LogP contribution in [0.25, 0.3) is 0 Å². The number of hydrogen-bond acceptors (Lipinski definition) is 4. The van der Waals surface area contributed by atoms with Crippen molar-refractivity contribution in [1.29, 1.82) is 0 Å². The van der Waals surface area contributed by atoms with Crippen LogP contribution in [0.5, 0.6) is 0 Å². The van der Waals surface area contributed by atoms with Gasteiger partial charge < -0.3 is 5.11 Å². The molecule has 0 spiro atoms. The van der Waals surface area contributed by atoms with Crippen molar-refractivity contribution in [1.82, 2.24) is 9.97 Å². The molecular formula is C11H13ClN2O2S. The monoisotopic (exact) mass is 272 g/mol. The van der Waals surface area contributed by atoms with Crippen LogP contribution in [0, 0.1) is 5.92 Å². The molecule has 0 saturated heterocycles. The van der Waals surface area contributed by atoms with Gasteiger partial charge in [-0.3, -0.25) is 4.79 Å². The Hall–Kier alpha value is -0.810. The molecule has 1 aromatic rings. The van der Waals surface area contributed by atoms with Gasteiger partial charge in [0.05, 0.1) is 0 Å². The molecule has 1 N–H and O–H groups in total. The molecule has 2 atom stereocenters. The molecule has 0 aromatic carbocycles. The van der Waals surface area contributed by atoms with E-state index in [1.165, 1.54) is 11.8 Å². The number of hydrogen-bond donors (Lipinski definition) is 1. The molecule has 0 aliphatic heterocycles. The van der Waals surface area contributed by atoms with Gasteiger partial charge in [0, 0.05) is 11.8 Å². The van der Waals surface area contributed by atoms with E-state index in [0.717, 1.165) is 6.42 Å². The van der Waals surface area contributed by atoms with E-state index >= 15 is 0 Å². The summed E-state index contributed by atoms with van der Waals surface area (Å²) in [4.78, 5) is 19.7. The minimum Gasteiger partial charge on any atom is -0.481 e. The van der Waals surface area contributed by atoms with Gasteiger partial charge in [-0.1, -0.05) is 36.7 Å². The molecule has 0 radical (unpaired) electrons. The van der Waals surface area contributed by atoms with Gasteiger partial charge in [-0.25, -0.2) is 9.97 Å². The Balaban J connectivity index is 2.43. The lowest BCUT2D eigenvalue weighted by atomic mass is 9.95. The topological polar surface area (TPSA) is 63.1 Å². The van der Waals surface area contributed by atoms with Crippen molar-refractivity contribution in [3.05, 3.63) is 16.9 Å². The summed E-state index contributed by atoms with van der Waals surface area (Å²) in [6.07, 6.45) is 4.86. The highest BCUT2D eigenvalue weighted by Gasteiger charge is 2.61. The molecule has 92 valence electrons. The average molecular weight is 273 g/mol. The highest BCUT2D eigenvalue weighted by molar-refractivity contribution is 7.98. The lowest BCUT2D eigenvalue weighted by Gasteiger charge is -2.13. The van der Waals surface area contributed by atoms with E-state index in [4.69, 9.17) is 11.6 Å². The summed E-state index contributed by atoms with van der Waals surface area (Å²) in [5.41, 5.74) is -0.306. The molecule has 2 rings (SSSR count). The zero-order valence-electron chi connectivity index (χ0n) is 9.61. The van der Waals surface area contributed by atoms with Crippen molar-refractivity contribution in [3.8, 4) is 0 Å².